The lowest BCUT2D eigenvalue weighted by molar-refractivity contribution is -0.167. The molecule has 0 aromatic heterocycles. The highest BCUT2D eigenvalue weighted by Crippen LogP contribution is 2.16. The highest BCUT2D eigenvalue weighted by Gasteiger charge is 2.19. The molecule has 1 atom stereocenters. The van der Waals surface area contributed by atoms with Crippen LogP contribution < -0.4 is 0 Å². The van der Waals surface area contributed by atoms with Gasteiger partial charge >= 0.3 is 17.9 Å². The average molecular weight is 737 g/mol. The number of unbranched alkanes of at least 4 members (excludes halogenated alkanes) is 31. The van der Waals surface area contributed by atoms with Gasteiger partial charge in [-0.2, -0.15) is 0 Å². The summed E-state index contributed by atoms with van der Waals surface area (Å²) in [6.07, 6.45) is 42.2. The third-order valence-electron chi connectivity index (χ3n) is 10.4. The van der Waals surface area contributed by atoms with Gasteiger partial charge in [-0.3, -0.25) is 14.4 Å². The molecule has 308 valence electrons. The van der Waals surface area contributed by atoms with Crippen LogP contribution in [0.1, 0.15) is 258 Å². The molecule has 0 bridgehead atoms. The molecule has 0 spiro atoms. The summed E-state index contributed by atoms with van der Waals surface area (Å²) in [7, 11) is 0. The van der Waals surface area contributed by atoms with Crippen LogP contribution in [-0.2, 0) is 28.6 Å². The molecule has 0 N–H and O–H groups in total. The Morgan fingerprint density at radius 3 is 0.769 bits per heavy atom. The van der Waals surface area contributed by atoms with Gasteiger partial charge in [0.25, 0.3) is 0 Å². The van der Waals surface area contributed by atoms with Crippen molar-refractivity contribution in [2.45, 2.75) is 264 Å². The smallest absolute Gasteiger partial charge is 0.306 e. The number of carbonyl (C=O) groups is 3. The predicted octanol–water partition coefficient (Wildman–Crippen LogP) is 14.5. The lowest BCUT2D eigenvalue weighted by Crippen LogP contribution is -2.30. The van der Waals surface area contributed by atoms with Crippen LogP contribution in [0.3, 0.4) is 0 Å². The zero-order chi connectivity index (χ0) is 38.0. The van der Waals surface area contributed by atoms with Gasteiger partial charge in [-0.1, -0.05) is 220 Å². The predicted molar refractivity (Wildman–Crippen MR) is 220 cm³/mol. The summed E-state index contributed by atoms with van der Waals surface area (Å²) in [4.78, 5) is 37.6. The summed E-state index contributed by atoms with van der Waals surface area (Å²) >= 11 is 0. The topological polar surface area (TPSA) is 78.9 Å². The molecule has 0 heterocycles. The van der Waals surface area contributed by atoms with Crippen molar-refractivity contribution < 1.29 is 28.6 Å². The molecular formula is C46H88O6. The summed E-state index contributed by atoms with van der Waals surface area (Å²) in [6, 6.07) is 0. The molecule has 0 aliphatic rings. The molecule has 0 radical (unpaired) electrons. The second-order valence-corrected chi connectivity index (χ2v) is 15.7. The van der Waals surface area contributed by atoms with Crippen LogP contribution in [0.2, 0.25) is 0 Å². The summed E-state index contributed by atoms with van der Waals surface area (Å²) in [5.41, 5.74) is 0. The highest BCUT2D eigenvalue weighted by molar-refractivity contribution is 5.71. The minimum absolute atomic E-state index is 0.0628. The Balaban J connectivity index is 4.30. The van der Waals surface area contributed by atoms with E-state index in [0.717, 1.165) is 57.8 Å². The zero-order valence-corrected chi connectivity index (χ0v) is 35.1. The monoisotopic (exact) mass is 737 g/mol. The number of carbonyl (C=O) groups excluding carboxylic acids is 3. The SMILES string of the molecule is CCCCCCCCCCCCCCCCC(=O)O[C@H](COC(=O)CCCCCCCCCCC)COC(=O)CCCCCCCCCCCCC. The first-order chi connectivity index (χ1) is 25.5. The van der Waals surface area contributed by atoms with E-state index in [4.69, 9.17) is 14.2 Å². The molecule has 52 heavy (non-hydrogen) atoms. The highest BCUT2D eigenvalue weighted by atomic mass is 16.6. The van der Waals surface area contributed by atoms with Crippen LogP contribution in [-0.4, -0.2) is 37.2 Å². The van der Waals surface area contributed by atoms with Crippen molar-refractivity contribution in [1.82, 2.24) is 0 Å². The van der Waals surface area contributed by atoms with Gasteiger partial charge in [0.05, 0.1) is 0 Å². The Morgan fingerprint density at radius 1 is 0.308 bits per heavy atom. The lowest BCUT2D eigenvalue weighted by Gasteiger charge is -2.18. The fourth-order valence-electron chi connectivity index (χ4n) is 6.85. The van der Waals surface area contributed by atoms with Gasteiger partial charge < -0.3 is 14.2 Å². The van der Waals surface area contributed by atoms with Crippen LogP contribution in [0.25, 0.3) is 0 Å². The fourth-order valence-corrected chi connectivity index (χ4v) is 6.85. The normalized spacial score (nSPS) is 11.8. The quantitative estimate of drug-likeness (QED) is 0.0353. The Morgan fingerprint density at radius 2 is 0.519 bits per heavy atom. The Labute approximate surface area is 323 Å². The lowest BCUT2D eigenvalue weighted by atomic mass is 10.0. The van der Waals surface area contributed by atoms with Crippen molar-refractivity contribution in [3.05, 3.63) is 0 Å². The van der Waals surface area contributed by atoms with Gasteiger partial charge in [0.15, 0.2) is 6.10 Å². The maximum atomic E-state index is 12.7. The van der Waals surface area contributed by atoms with E-state index in [0.29, 0.717) is 19.3 Å². The molecule has 6 heteroatoms. The van der Waals surface area contributed by atoms with E-state index in [1.165, 1.54) is 161 Å². The molecule has 0 aromatic carbocycles. The number of rotatable bonds is 42. The molecule has 6 nitrogen and oxygen atoms in total. The molecule has 0 amide bonds. The van der Waals surface area contributed by atoms with E-state index in [1.54, 1.807) is 0 Å². The van der Waals surface area contributed by atoms with Crippen molar-refractivity contribution in [3.8, 4) is 0 Å². The molecule has 0 saturated carbocycles. The maximum absolute atomic E-state index is 12.7. The second kappa shape index (κ2) is 42.2. The summed E-state index contributed by atoms with van der Waals surface area (Å²) in [5.74, 6) is -0.853. The van der Waals surface area contributed by atoms with E-state index in [-0.39, 0.29) is 31.1 Å². The van der Waals surface area contributed by atoms with E-state index in [2.05, 4.69) is 20.8 Å². The van der Waals surface area contributed by atoms with Crippen molar-refractivity contribution in [2.75, 3.05) is 13.2 Å². The molecule has 0 saturated heterocycles. The Kier molecular flexibility index (Phi) is 40.9. The van der Waals surface area contributed by atoms with Gasteiger partial charge in [0.1, 0.15) is 13.2 Å². The van der Waals surface area contributed by atoms with Gasteiger partial charge in [0, 0.05) is 19.3 Å². The van der Waals surface area contributed by atoms with Crippen LogP contribution >= 0.6 is 0 Å². The molecule has 0 rings (SSSR count). The van der Waals surface area contributed by atoms with Crippen molar-refractivity contribution in [2.24, 2.45) is 0 Å². The first-order valence-electron chi connectivity index (χ1n) is 23.0. The fraction of sp³-hybridized carbons (Fsp3) is 0.935. The molecule has 0 aliphatic heterocycles. The maximum Gasteiger partial charge on any atom is 0.306 e. The third-order valence-corrected chi connectivity index (χ3v) is 10.4. The summed E-state index contributed by atoms with van der Waals surface area (Å²) in [5, 5.41) is 0. The van der Waals surface area contributed by atoms with E-state index >= 15 is 0 Å². The minimum atomic E-state index is -0.757. The van der Waals surface area contributed by atoms with Crippen LogP contribution in [0.15, 0.2) is 0 Å². The largest absolute Gasteiger partial charge is 0.462 e. The number of esters is 3. The van der Waals surface area contributed by atoms with Gasteiger partial charge in [-0.05, 0) is 19.3 Å². The van der Waals surface area contributed by atoms with Gasteiger partial charge in [0.2, 0.25) is 0 Å². The van der Waals surface area contributed by atoms with Crippen molar-refractivity contribution in [1.29, 1.82) is 0 Å². The average Bonchev–Trinajstić information content (AvgIpc) is 3.14. The number of hydrogen-bond acceptors (Lipinski definition) is 6. The molecular weight excluding hydrogens is 648 g/mol. The number of hydrogen-bond donors (Lipinski definition) is 0. The second-order valence-electron chi connectivity index (χ2n) is 15.7. The Hall–Kier alpha value is -1.59. The molecule has 0 fully saturated rings. The molecule has 0 aliphatic carbocycles. The first kappa shape index (κ1) is 50.4. The van der Waals surface area contributed by atoms with Crippen molar-refractivity contribution in [3.63, 3.8) is 0 Å². The third kappa shape index (κ3) is 39.6. The molecule has 0 unspecified atom stereocenters. The van der Waals surface area contributed by atoms with E-state index < -0.39 is 6.10 Å². The van der Waals surface area contributed by atoms with Crippen LogP contribution in [0.4, 0.5) is 0 Å². The minimum Gasteiger partial charge on any atom is -0.462 e. The van der Waals surface area contributed by atoms with Gasteiger partial charge in [-0.15, -0.1) is 0 Å². The first-order valence-corrected chi connectivity index (χ1v) is 23.0. The van der Waals surface area contributed by atoms with E-state index in [9.17, 15) is 14.4 Å². The standard InChI is InChI=1S/C46H88O6/c1-4-7-10-13-16-19-21-22-23-25-28-31-34-37-40-46(49)52-43(41-50-44(47)38-35-32-29-26-18-15-12-9-6-3)42-51-45(48)39-36-33-30-27-24-20-17-14-11-8-5-2/h43H,4-42H2,1-3H3/t43-/m1/s1. The summed E-state index contributed by atoms with van der Waals surface area (Å²) < 4.78 is 16.7. The molecule has 0 aromatic rings. The van der Waals surface area contributed by atoms with Crippen LogP contribution in [0.5, 0.6) is 0 Å². The number of ether oxygens (including phenoxy) is 3. The Bertz CT molecular complexity index is 768. The van der Waals surface area contributed by atoms with Crippen LogP contribution in [0, 0.1) is 0 Å². The van der Waals surface area contributed by atoms with Crippen molar-refractivity contribution >= 4 is 17.9 Å². The summed E-state index contributed by atoms with van der Waals surface area (Å²) in [6.45, 7) is 6.63. The van der Waals surface area contributed by atoms with Gasteiger partial charge in [-0.25, -0.2) is 0 Å². The van der Waals surface area contributed by atoms with E-state index in [1.807, 2.05) is 0 Å². The zero-order valence-electron chi connectivity index (χ0n) is 35.1.